The minimum atomic E-state index is 1.11. The lowest BCUT2D eigenvalue weighted by molar-refractivity contribution is 1.18. The maximum absolute atomic E-state index is 2.48. The van der Waals surface area contributed by atoms with Crippen LogP contribution in [-0.4, -0.2) is 4.57 Å². The summed E-state index contributed by atoms with van der Waals surface area (Å²) in [5, 5.41) is 4.83. The number of anilines is 3. The van der Waals surface area contributed by atoms with Crippen molar-refractivity contribution in [3.8, 4) is 39.1 Å². The van der Waals surface area contributed by atoms with E-state index in [1.807, 2.05) is 0 Å². The molecule has 10 rings (SSSR count). The summed E-state index contributed by atoms with van der Waals surface area (Å²) in [5.74, 6) is 0. The zero-order valence-corrected chi connectivity index (χ0v) is 29.7. The molecule has 0 radical (unpaired) electrons. The van der Waals surface area contributed by atoms with Crippen molar-refractivity contribution in [3.63, 3.8) is 0 Å². The van der Waals surface area contributed by atoms with Gasteiger partial charge in [-0.25, -0.2) is 0 Å². The molecule has 0 aliphatic heterocycles. The molecule has 0 atom stereocenters. The maximum Gasteiger partial charge on any atom is 0.0618 e. The van der Waals surface area contributed by atoms with Crippen molar-refractivity contribution < 1.29 is 0 Å². The second-order valence-electron chi connectivity index (χ2n) is 13.7. The van der Waals surface area contributed by atoms with Crippen molar-refractivity contribution >= 4 is 49.6 Å². The van der Waals surface area contributed by atoms with Crippen molar-refractivity contribution in [1.29, 1.82) is 0 Å². The highest BCUT2D eigenvalue weighted by Gasteiger charge is 2.24. The Morgan fingerprint density at radius 2 is 0.870 bits per heavy atom. The Hall–Kier alpha value is -7.16. The summed E-state index contributed by atoms with van der Waals surface area (Å²) >= 11 is 0. The fourth-order valence-corrected chi connectivity index (χ4v) is 8.17. The maximum atomic E-state index is 2.48. The first-order chi connectivity index (χ1) is 26.8. The van der Waals surface area contributed by atoms with E-state index in [0.717, 1.165) is 28.3 Å². The van der Waals surface area contributed by atoms with E-state index < -0.39 is 0 Å². The van der Waals surface area contributed by atoms with Gasteiger partial charge in [0.25, 0.3) is 0 Å². The molecule has 54 heavy (non-hydrogen) atoms. The Labute approximate surface area is 315 Å². The molecule has 0 amide bonds. The van der Waals surface area contributed by atoms with Gasteiger partial charge in [-0.15, -0.1) is 0 Å². The Morgan fingerprint density at radius 3 is 1.57 bits per heavy atom. The van der Waals surface area contributed by atoms with Crippen LogP contribution in [0, 0.1) is 0 Å². The van der Waals surface area contributed by atoms with Crippen molar-refractivity contribution in [1.82, 2.24) is 4.57 Å². The largest absolute Gasteiger partial charge is 0.309 e. The molecule has 10 aromatic rings. The lowest BCUT2D eigenvalue weighted by Crippen LogP contribution is -2.12. The summed E-state index contributed by atoms with van der Waals surface area (Å²) in [5.41, 5.74) is 14.1. The molecule has 0 aliphatic carbocycles. The van der Waals surface area contributed by atoms with E-state index in [1.165, 1.54) is 60.4 Å². The molecule has 0 spiro atoms. The van der Waals surface area contributed by atoms with Gasteiger partial charge in [-0.2, -0.15) is 0 Å². The van der Waals surface area contributed by atoms with Crippen LogP contribution in [0.4, 0.5) is 17.1 Å². The van der Waals surface area contributed by atoms with Gasteiger partial charge in [0.1, 0.15) is 0 Å². The molecule has 2 nitrogen and oxygen atoms in total. The number of hydrogen-bond donors (Lipinski definition) is 0. The first kappa shape index (κ1) is 31.6. The van der Waals surface area contributed by atoms with Gasteiger partial charge in [0, 0.05) is 33.1 Å². The average molecular weight is 689 g/mol. The molecule has 1 heterocycles. The average Bonchev–Trinajstić information content (AvgIpc) is 3.60. The Kier molecular flexibility index (Phi) is 7.85. The van der Waals surface area contributed by atoms with E-state index in [1.54, 1.807) is 0 Å². The van der Waals surface area contributed by atoms with Crippen LogP contribution in [0.1, 0.15) is 0 Å². The number of hydrogen-bond acceptors (Lipinski definition) is 1. The molecule has 0 saturated heterocycles. The van der Waals surface area contributed by atoms with Gasteiger partial charge >= 0.3 is 0 Å². The zero-order valence-electron chi connectivity index (χ0n) is 29.7. The van der Waals surface area contributed by atoms with Crippen LogP contribution in [0.25, 0.3) is 71.6 Å². The van der Waals surface area contributed by atoms with Crippen molar-refractivity contribution in [3.05, 3.63) is 218 Å². The molecule has 0 bridgehead atoms. The number of rotatable bonds is 7. The van der Waals surface area contributed by atoms with E-state index in [0.29, 0.717) is 0 Å². The van der Waals surface area contributed by atoms with Crippen LogP contribution >= 0.6 is 0 Å². The SMILES string of the molecule is c1ccc(-c2ccccc2-c2ccc(-n3c4ccccc4c4c(N(c5ccccc5)c5c(-c6ccccc6)ccc6ccccc56)cccc43)cc2)cc1. The summed E-state index contributed by atoms with van der Waals surface area (Å²) in [6, 6.07) is 78.8. The number of benzene rings is 9. The van der Waals surface area contributed by atoms with Crippen LogP contribution in [0.3, 0.4) is 0 Å². The monoisotopic (exact) mass is 688 g/mol. The second kappa shape index (κ2) is 13.4. The fraction of sp³-hybridized carbons (Fsp3) is 0. The summed E-state index contributed by atoms with van der Waals surface area (Å²) in [6.07, 6.45) is 0. The quantitative estimate of drug-likeness (QED) is 0.162. The molecule has 0 aliphatic rings. The van der Waals surface area contributed by atoms with Crippen molar-refractivity contribution in [2.24, 2.45) is 0 Å². The number of para-hydroxylation sites is 2. The normalized spacial score (nSPS) is 11.3. The van der Waals surface area contributed by atoms with Gasteiger partial charge in [0.15, 0.2) is 0 Å². The summed E-state index contributed by atoms with van der Waals surface area (Å²) < 4.78 is 2.42. The Morgan fingerprint density at radius 1 is 0.333 bits per heavy atom. The standard InChI is InChI=1S/C52H36N2/c1-4-17-37(18-5-1)43-24-12-13-25-44(43)40-31-34-42(35-32-40)53-48-28-15-14-27-47(48)51-49(53)29-16-30-50(51)54(41-22-8-3-9-23-41)52-45-26-11-10-21-39(45)33-36-46(52)38-19-6-2-7-20-38/h1-36H. The lowest BCUT2D eigenvalue weighted by Gasteiger charge is -2.30. The van der Waals surface area contributed by atoms with Gasteiger partial charge in [-0.1, -0.05) is 176 Å². The third-order valence-electron chi connectivity index (χ3n) is 10.6. The highest BCUT2D eigenvalue weighted by Crippen LogP contribution is 2.49. The topological polar surface area (TPSA) is 8.17 Å². The molecule has 2 heteroatoms. The van der Waals surface area contributed by atoms with E-state index in [4.69, 9.17) is 0 Å². The first-order valence-corrected chi connectivity index (χ1v) is 18.5. The van der Waals surface area contributed by atoms with E-state index in [9.17, 15) is 0 Å². The molecule has 0 saturated carbocycles. The van der Waals surface area contributed by atoms with Gasteiger partial charge in [-0.05, 0) is 75.7 Å². The lowest BCUT2D eigenvalue weighted by atomic mass is 9.94. The highest BCUT2D eigenvalue weighted by atomic mass is 15.2. The van der Waals surface area contributed by atoms with Crippen LogP contribution < -0.4 is 4.90 Å². The van der Waals surface area contributed by atoms with Crippen LogP contribution in [0.15, 0.2) is 218 Å². The van der Waals surface area contributed by atoms with E-state index in [-0.39, 0.29) is 0 Å². The van der Waals surface area contributed by atoms with Crippen LogP contribution in [0.2, 0.25) is 0 Å². The third-order valence-corrected chi connectivity index (χ3v) is 10.6. The molecular weight excluding hydrogens is 653 g/mol. The smallest absolute Gasteiger partial charge is 0.0618 e. The van der Waals surface area contributed by atoms with Gasteiger partial charge in [-0.3, -0.25) is 0 Å². The molecule has 1 aromatic heterocycles. The highest BCUT2D eigenvalue weighted by molar-refractivity contribution is 6.18. The van der Waals surface area contributed by atoms with Crippen molar-refractivity contribution in [2.45, 2.75) is 0 Å². The predicted molar refractivity (Wildman–Crippen MR) is 229 cm³/mol. The molecule has 0 N–H and O–H groups in total. The summed E-state index contributed by atoms with van der Waals surface area (Å²) in [7, 11) is 0. The number of nitrogens with zero attached hydrogens (tertiary/aromatic N) is 2. The van der Waals surface area contributed by atoms with Gasteiger partial charge < -0.3 is 9.47 Å². The predicted octanol–water partition coefficient (Wildman–Crippen LogP) is 14.4. The van der Waals surface area contributed by atoms with E-state index in [2.05, 4.69) is 228 Å². The Bertz CT molecular complexity index is 2910. The van der Waals surface area contributed by atoms with E-state index >= 15 is 0 Å². The zero-order chi connectivity index (χ0) is 35.8. The minimum Gasteiger partial charge on any atom is -0.309 e. The molecule has 9 aromatic carbocycles. The first-order valence-electron chi connectivity index (χ1n) is 18.5. The summed E-state index contributed by atoms with van der Waals surface area (Å²) in [6.45, 7) is 0. The second-order valence-corrected chi connectivity index (χ2v) is 13.7. The number of aromatic nitrogens is 1. The Balaban J connectivity index is 1.21. The summed E-state index contributed by atoms with van der Waals surface area (Å²) in [4.78, 5) is 2.48. The molecule has 254 valence electrons. The minimum absolute atomic E-state index is 1.11. The van der Waals surface area contributed by atoms with Gasteiger partial charge in [0.05, 0.1) is 22.4 Å². The van der Waals surface area contributed by atoms with Crippen LogP contribution in [-0.2, 0) is 0 Å². The van der Waals surface area contributed by atoms with Crippen LogP contribution in [0.5, 0.6) is 0 Å². The van der Waals surface area contributed by atoms with Crippen molar-refractivity contribution in [2.75, 3.05) is 4.90 Å². The molecular formula is C52H36N2. The number of fused-ring (bicyclic) bond motifs is 4. The third kappa shape index (κ3) is 5.36. The molecule has 0 unspecified atom stereocenters. The molecule has 0 fully saturated rings. The van der Waals surface area contributed by atoms with Gasteiger partial charge in [0.2, 0.25) is 0 Å². The fourth-order valence-electron chi connectivity index (χ4n) is 8.17.